The number of para-hydroxylation sites is 1. The summed E-state index contributed by atoms with van der Waals surface area (Å²) in [7, 11) is 0. The van der Waals surface area contributed by atoms with Gasteiger partial charge in [-0.25, -0.2) is 0 Å². The summed E-state index contributed by atoms with van der Waals surface area (Å²) in [6, 6.07) is 18.3. The number of carbonyl (C=O) groups excluding carboxylic acids is 1. The van der Waals surface area contributed by atoms with Crippen molar-refractivity contribution in [1.82, 2.24) is 9.78 Å². The lowest BCUT2D eigenvalue weighted by Crippen LogP contribution is -2.35. The van der Waals surface area contributed by atoms with Crippen LogP contribution in [-0.2, 0) is 13.0 Å². The van der Waals surface area contributed by atoms with E-state index in [0.717, 1.165) is 34.6 Å². The minimum Gasteiger partial charge on any atom is -0.305 e. The summed E-state index contributed by atoms with van der Waals surface area (Å²) in [4.78, 5) is 15.1. The molecule has 2 aromatic carbocycles. The third kappa shape index (κ3) is 2.92. The molecule has 0 saturated carbocycles. The van der Waals surface area contributed by atoms with Gasteiger partial charge in [0.25, 0.3) is 5.91 Å². The monoisotopic (exact) mass is 345 g/mol. The number of hydrogen-bond acceptors (Lipinski definition) is 2. The second-order valence-electron chi connectivity index (χ2n) is 7.14. The van der Waals surface area contributed by atoms with E-state index in [-0.39, 0.29) is 11.9 Å². The number of benzene rings is 2. The standard InChI is InChI=1S/C22H23N3O/c1-15-11-16(2)24(23-15)14-18-7-6-9-20(13-18)22(26)25-17(3)12-19-8-4-5-10-21(19)25/h4-11,13,17H,12,14H2,1-3H3. The lowest BCUT2D eigenvalue weighted by Gasteiger charge is -2.23. The fourth-order valence-corrected chi connectivity index (χ4v) is 3.82. The van der Waals surface area contributed by atoms with E-state index in [1.54, 1.807) is 0 Å². The molecule has 3 aromatic rings. The van der Waals surface area contributed by atoms with Gasteiger partial charge in [-0.3, -0.25) is 9.48 Å². The normalized spacial score (nSPS) is 16.0. The average molecular weight is 345 g/mol. The Balaban J connectivity index is 1.62. The largest absolute Gasteiger partial charge is 0.305 e. The van der Waals surface area contributed by atoms with Gasteiger partial charge in [0.1, 0.15) is 0 Å². The summed E-state index contributed by atoms with van der Waals surface area (Å²) in [5, 5.41) is 4.52. The minimum atomic E-state index is 0.0673. The Morgan fingerprint density at radius 3 is 2.69 bits per heavy atom. The Hall–Kier alpha value is -2.88. The molecule has 0 spiro atoms. The Bertz CT molecular complexity index is 973. The van der Waals surface area contributed by atoms with Gasteiger partial charge in [-0.1, -0.05) is 30.3 Å². The van der Waals surface area contributed by atoms with Crippen LogP contribution in [0.25, 0.3) is 0 Å². The SMILES string of the molecule is Cc1cc(C)n(Cc2cccc(C(=O)N3c4ccccc4CC3C)c2)n1. The maximum Gasteiger partial charge on any atom is 0.258 e. The maximum atomic E-state index is 13.2. The molecule has 1 aliphatic heterocycles. The van der Waals surface area contributed by atoms with Crippen molar-refractivity contribution < 1.29 is 4.79 Å². The van der Waals surface area contributed by atoms with Gasteiger partial charge >= 0.3 is 0 Å². The Morgan fingerprint density at radius 1 is 1.12 bits per heavy atom. The molecule has 0 saturated heterocycles. The number of nitrogens with zero attached hydrogens (tertiary/aromatic N) is 3. The first kappa shape index (κ1) is 16.6. The minimum absolute atomic E-state index is 0.0673. The molecule has 1 aliphatic rings. The van der Waals surface area contributed by atoms with Crippen molar-refractivity contribution in [2.24, 2.45) is 0 Å². The zero-order valence-electron chi connectivity index (χ0n) is 15.4. The number of carbonyl (C=O) groups is 1. The van der Waals surface area contributed by atoms with Gasteiger partial charge in [-0.05, 0) is 62.6 Å². The lowest BCUT2D eigenvalue weighted by atomic mass is 10.1. The first-order valence-corrected chi connectivity index (χ1v) is 9.04. The topological polar surface area (TPSA) is 38.1 Å². The van der Waals surface area contributed by atoms with Gasteiger partial charge < -0.3 is 4.90 Å². The summed E-state index contributed by atoms with van der Waals surface area (Å²) in [6.07, 6.45) is 0.910. The molecule has 26 heavy (non-hydrogen) atoms. The van der Waals surface area contributed by atoms with E-state index in [9.17, 15) is 4.79 Å². The molecule has 1 aromatic heterocycles. The number of fused-ring (bicyclic) bond motifs is 1. The molecule has 0 radical (unpaired) electrons. The highest BCUT2D eigenvalue weighted by molar-refractivity contribution is 6.07. The molecule has 4 rings (SSSR count). The van der Waals surface area contributed by atoms with Crippen LogP contribution in [0.3, 0.4) is 0 Å². The summed E-state index contributed by atoms with van der Waals surface area (Å²) in [5.41, 5.74) is 6.23. The van der Waals surface area contributed by atoms with E-state index in [1.165, 1.54) is 5.56 Å². The van der Waals surface area contributed by atoms with Gasteiger partial charge in [0.05, 0.1) is 12.2 Å². The predicted octanol–water partition coefficient (Wildman–Crippen LogP) is 4.14. The fourth-order valence-electron chi connectivity index (χ4n) is 3.82. The summed E-state index contributed by atoms with van der Waals surface area (Å²) in [5.74, 6) is 0.0673. The van der Waals surface area contributed by atoms with Gasteiger partial charge in [0.2, 0.25) is 0 Å². The maximum absolute atomic E-state index is 13.2. The number of hydrogen-bond donors (Lipinski definition) is 0. The number of aryl methyl sites for hydroxylation is 2. The van der Waals surface area contributed by atoms with Crippen molar-refractivity contribution >= 4 is 11.6 Å². The van der Waals surface area contributed by atoms with Crippen LogP contribution in [0.4, 0.5) is 5.69 Å². The van der Waals surface area contributed by atoms with Crippen molar-refractivity contribution in [2.45, 2.75) is 39.8 Å². The molecular formula is C22H23N3O. The van der Waals surface area contributed by atoms with Gasteiger partial charge in [0, 0.05) is 23.0 Å². The van der Waals surface area contributed by atoms with E-state index >= 15 is 0 Å². The quantitative estimate of drug-likeness (QED) is 0.715. The average Bonchev–Trinajstić information content (AvgIpc) is 3.12. The zero-order valence-corrected chi connectivity index (χ0v) is 15.4. The van der Waals surface area contributed by atoms with E-state index in [1.807, 2.05) is 52.9 Å². The van der Waals surface area contributed by atoms with Crippen LogP contribution in [0.1, 0.15) is 39.8 Å². The molecule has 1 atom stereocenters. The Kier molecular flexibility index (Phi) is 4.11. The molecule has 4 heteroatoms. The van der Waals surface area contributed by atoms with Gasteiger partial charge in [-0.2, -0.15) is 5.10 Å². The molecule has 2 heterocycles. The van der Waals surface area contributed by atoms with Crippen LogP contribution in [0.2, 0.25) is 0 Å². The van der Waals surface area contributed by atoms with Crippen LogP contribution in [0.5, 0.6) is 0 Å². The molecule has 0 fully saturated rings. The van der Waals surface area contributed by atoms with Gasteiger partial charge in [0.15, 0.2) is 0 Å². The summed E-state index contributed by atoms with van der Waals surface area (Å²) in [6.45, 7) is 6.83. The van der Waals surface area contributed by atoms with E-state index < -0.39 is 0 Å². The Labute approximate surface area is 154 Å². The number of rotatable bonds is 3. The third-order valence-electron chi connectivity index (χ3n) is 5.04. The highest BCUT2D eigenvalue weighted by atomic mass is 16.2. The number of amides is 1. The third-order valence-corrected chi connectivity index (χ3v) is 5.04. The van der Waals surface area contributed by atoms with Gasteiger partial charge in [-0.15, -0.1) is 0 Å². The van der Waals surface area contributed by atoms with Crippen molar-refractivity contribution in [3.63, 3.8) is 0 Å². The molecule has 1 unspecified atom stereocenters. The summed E-state index contributed by atoms with van der Waals surface area (Å²) >= 11 is 0. The second-order valence-corrected chi connectivity index (χ2v) is 7.14. The summed E-state index contributed by atoms with van der Waals surface area (Å²) < 4.78 is 1.98. The molecule has 4 nitrogen and oxygen atoms in total. The molecule has 132 valence electrons. The van der Waals surface area contributed by atoms with E-state index in [2.05, 4.69) is 37.1 Å². The lowest BCUT2D eigenvalue weighted by molar-refractivity contribution is 0.0981. The van der Waals surface area contributed by atoms with E-state index in [0.29, 0.717) is 6.54 Å². The first-order valence-electron chi connectivity index (χ1n) is 9.04. The molecule has 0 bridgehead atoms. The smallest absolute Gasteiger partial charge is 0.258 e. The first-order chi connectivity index (χ1) is 12.5. The van der Waals surface area contributed by atoms with Crippen LogP contribution in [0, 0.1) is 13.8 Å². The zero-order chi connectivity index (χ0) is 18.3. The van der Waals surface area contributed by atoms with Crippen LogP contribution >= 0.6 is 0 Å². The van der Waals surface area contributed by atoms with Crippen molar-refractivity contribution in [2.75, 3.05) is 4.90 Å². The molecular weight excluding hydrogens is 322 g/mol. The number of anilines is 1. The van der Waals surface area contributed by atoms with Crippen molar-refractivity contribution in [3.05, 3.63) is 82.7 Å². The highest BCUT2D eigenvalue weighted by Gasteiger charge is 2.31. The molecule has 0 N–H and O–H groups in total. The van der Waals surface area contributed by atoms with Crippen LogP contribution in [-0.4, -0.2) is 21.7 Å². The highest BCUT2D eigenvalue weighted by Crippen LogP contribution is 2.33. The Morgan fingerprint density at radius 2 is 1.92 bits per heavy atom. The van der Waals surface area contributed by atoms with E-state index in [4.69, 9.17) is 0 Å². The van der Waals surface area contributed by atoms with Crippen LogP contribution < -0.4 is 4.90 Å². The van der Waals surface area contributed by atoms with Crippen molar-refractivity contribution in [3.8, 4) is 0 Å². The second kappa shape index (κ2) is 6.45. The van der Waals surface area contributed by atoms with Crippen LogP contribution in [0.15, 0.2) is 54.6 Å². The molecule has 1 amide bonds. The molecule has 0 aliphatic carbocycles. The predicted molar refractivity (Wildman–Crippen MR) is 104 cm³/mol. The number of aromatic nitrogens is 2. The van der Waals surface area contributed by atoms with Crippen molar-refractivity contribution in [1.29, 1.82) is 0 Å². The fraction of sp³-hybridized carbons (Fsp3) is 0.273.